The van der Waals surface area contributed by atoms with Crippen LogP contribution in [0.2, 0.25) is 5.02 Å². The molecule has 0 aromatic heterocycles. The molecule has 0 aliphatic carbocycles. The Hall–Kier alpha value is -1.72. The Labute approximate surface area is 185 Å². The maximum absolute atomic E-state index is 14.4. The Kier molecular flexibility index (Phi) is 6.66. The zero-order valence-corrected chi connectivity index (χ0v) is 18.4. The van der Waals surface area contributed by atoms with Crippen LogP contribution in [0.25, 0.3) is 0 Å². The van der Waals surface area contributed by atoms with E-state index < -0.39 is 0 Å². The molecule has 3 aromatic rings. The standard InChI is InChI=1S/C24H23BrClFN2/c25-21-10-5-9-18(15-21)24-28(16-19-7-1-3-11-22(19)26)13-6-14-29(24)17-20-8-2-4-12-23(20)27/h1-5,7-12,15,24H,6,13-14,16-17H2/t24-/m1/s1. The zero-order valence-electron chi connectivity index (χ0n) is 16.1. The summed E-state index contributed by atoms with van der Waals surface area (Å²) in [5.41, 5.74) is 3.04. The number of benzene rings is 3. The summed E-state index contributed by atoms with van der Waals surface area (Å²) in [6.45, 7) is 3.22. The van der Waals surface area contributed by atoms with Gasteiger partial charge in [0.05, 0.1) is 6.17 Å². The van der Waals surface area contributed by atoms with E-state index in [9.17, 15) is 4.39 Å². The minimum absolute atomic E-state index is 0.0529. The lowest BCUT2D eigenvalue weighted by atomic mass is 10.0. The van der Waals surface area contributed by atoms with E-state index in [0.29, 0.717) is 6.54 Å². The fourth-order valence-corrected chi connectivity index (χ4v) is 4.68. The fourth-order valence-electron chi connectivity index (χ4n) is 4.06. The molecule has 1 heterocycles. The molecule has 0 spiro atoms. The van der Waals surface area contributed by atoms with E-state index >= 15 is 0 Å². The lowest BCUT2D eigenvalue weighted by molar-refractivity contribution is -0.00965. The maximum atomic E-state index is 14.4. The van der Waals surface area contributed by atoms with Crippen LogP contribution in [0.1, 0.15) is 29.3 Å². The van der Waals surface area contributed by atoms with E-state index in [2.05, 4.69) is 50.0 Å². The van der Waals surface area contributed by atoms with Crippen molar-refractivity contribution in [3.05, 3.63) is 105 Å². The lowest BCUT2D eigenvalue weighted by Gasteiger charge is -2.44. The van der Waals surface area contributed by atoms with Gasteiger partial charge in [-0.2, -0.15) is 0 Å². The SMILES string of the molecule is Fc1ccccc1CN1CCCN(Cc2ccccc2Cl)[C@H]1c1cccc(Br)c1. The molecule has 1 aliphatic rings. The molecule has 150 valence electrons. The predicted molar refractivity (Wildman–Crippen MR) is 120 cm³/mol. The van der Waals surface area contributed by atoms with Crippen LogP contribution in [0, 0.1) is 5.82 Å². The van der Waals surface area contributed by atoms with Crippen LogP contribution >= 0.6 is 27.5 Å². The Morgan fingerprint density at radius 3 is 2.21 bits per heavy atom. The van der Waals surface area contributed by atoms with Gasteiger partial charge >= 0.3 is 0 Å². The Morgan fingerprint density at radius 1 is 0.862 bits per heavy atom. The van der Waals surface area contributed by atoms with Gasteiger partial charge in [-0.3, -0.25) is 9.80 Å². The molecule has 0 saturated carbocycles. The van der Waals surface area contributed by atoms with Crippen molar-refractivity contribution in [1.82, 2.24) is 9.80 Å². The van der Waals surface area contributed by atoms with Gasteiger partial charge in [-0.15, -0.1) is 0 Å². The molecule has 4 rings (SSSR count). The van der Waals surface area contributed by atoms with Gasteiger partial charge in [-0.25, -0.2) is 4.39 Å². The van der Waals surface area contributed by atoms with Gasteiger partial charge in [-0.05, 0) is 41.8 Å². The Bertz CT molecular complexity index is 925. The highest BCUT2D eigenvalue weighted by atomic mass is 79.9. The third-order valence-electron chi connectivity index (χ3n) is 5.39. The maximum Gasteiger partial charge on any atom is 0.127 e. The van der Waals surface area contributed by atoms with Gasteiger partial charge in [0.2, 0.25) is 0 Å². The molecular formula is C24H23BrClFN2. The molecule has 0 unspecified atom stereocenters. The molecule has 0 radical (unpaired) electrons. The third-order valence-corrected chi connectivity index (χ3v) is 6.25. The summed E-state index contributed by atoms with van der Waals surface area (Å²) in [5, 5.41) is 0.784. The van der Waals surface area contributed by atoms with E-state index in [-0.39, 0.29) is 12.0 Å². The predicted octanol–water partition coefficient (Wildman–Crippen LogP) is 6.65. The topological polar surface area (TPSA) is 6.48 Å². The van der Waals surface area contributed by atoms with Crippen molar-refractivity contribution in [1.29, 1.82) is 0 Å². The van der Waals surface area contributed by atoms with Gasteiger partial charge in [0, 0.05) is 41.2 Å². The fraction of sp³-hybridized carbons (Fsp3) is 0.250. The first kappa shape index (κ1) is 20.5. The second-order valence-electron chi connectivity index (χ2n) is 7.41. The van der Waals surface area contributed by atoms with Gasteiger partial charge in [0.25, 0.3) is 0 Å². The summed E-state index contributed by atoms with van der Waals surface area (Å²) in [5.74, 6) is -0.149. The van der Waals surface area contributed by atoms with Crippen molar-refractivity contribution < 1.29 is 4.39 Å². The van der Waals surface area contributed by atoms with Gasteiger partial charge in [0.15, 0.2) is 0 Å². The number of hydrogen-bond acceptors (Lipinski definition) is 2. The molecule has 1 aliphatic heterocycles. The van der Waals surface area contributed by atoms with E-state index in [0.717, 1.165) is 46.7 Å². The molecule has 5 heteroatoms. The molecule has 29 heavy (non-hydrogen) atoms. The van der Waals surface area contributed by atoms with Gasteiger partial charge in [0.1, 0.15) is 5.82 Å². The quantitative estimate of drug-likeness (QED) is 0.409. The second-order valence-corrected chi connectivity index (χ2v) is 8.73. The van der Waals surface area contributed by atoms with Crippen molar-refractivity contribution in [3.63, 3.8) is 0 Å². The average Bonchev–Trinajstić information content (AvgIpc) is 2.72. The van der Waals surface area contributed by atoms with Crippen molar-refractivity contribution in [2.75, 3.05) is 13.1 Å². The van der Waals surface area contributed by atoms with Crippen LogP contribution in [0.15, 0.2) is 77.3 Å². The number of halogens is 3. The van der Waals surface area contributed by atoms with Crippen LogP contribution in [0.4, 0.5) is 4.39 Å². The van der Waals surface area contributed by atoms with E-state index in [4.69, 9.17) is 11.6 Å². The summed E-state index contributed by atoms with van der Waals surface area (Å²) in [7, 11) is 0. The largest absolute Gasteiger partial charge is 0.280 e. The van der Waals surface area contributed by atoms with Crippen molar-refractivity contribution in [2.24, 2.45) is 0 Å². The first-order valence-corrected chi connectivity index (χ1v) is 11.0. The molecule has 0 amide bonds. The first-order valence-electron chi connectivity index (χ1n) is 9.82. The molecule has 3 aromatic carbocycles. The van der Waals surface area contributed by atoms with Gasteiger partial charge < -0.3 is 0 Å². The minimum atomic E-state index is -0.149. The number of rotatable bonds is 5. The molecule has 0 N–H and O–H groups in total. The Balaban J connectivity index is 1.68. The smallest absolute Gasteiger partial charge is 0.127 e. The van der Waals surface area contributed by atoms with Crippen LogP contribution < -0.4 is 0 Å². The van der Waals surface area contributed by atoms with Crippen LogP contribution in [0.5, 0.6) is 0 Å². The van der Waals surface area contributed by atoms with E-state index in [1.54, 1.807) is 6.07 Å². The molecule has 1 saturated heterocycles. The Morgan fingerprint density at radius 2 is 1.52 bits per heavy atom. The van der Waals surface area contributed by atoms with Crippen LogP contribution in [-0.2, 0) is 13.1 Å². The van der Waals surface area contributed by atoms with Crippen molar-refractivity contribution in [2.45, 2.75) is 25.7 Å². The van der Waals surface area contributed by atoms with E-state index in [1.807, 2.05) is 36.4 Å². The number of hydrogen-bond donors (Lipinski definition) is 0. The van der Waals surface area contributed by atoms with E-state index in [1.165, 1.54) is 11.6 Å². The summed E-state index contributed by atoms with van der Waals surface area (Å²) < 4.78 is 15.4. The van der Waals surface area contributed by atoms with Crippen LogP contribution in [0.3, 0.4) is 0 Å². The summed E-state index contributed by atoms with van der Waals surface area (Å²) in [6, 6.07) is 23.4. The molecular weight excluding hydrogens is 451 g/mol. The highest BCUT2D eigenvalue weighted by Gasteiger charge is 2.31. The summed E-state index contributed by atoms with van der Waals surface area (Å²) in [4.78, 5) is 4.80. The van der Waals surface area contributed by atoms with Crippen molar-refractivity contribution in [3.8, 4) is 0 Å². The van der Waals surface area contributed by atoms with Crippen LogP contribution in [-0.4, -0.2) is 22.9 Å². The number of nitrogens with zero attached hydrogens (tertiary/aromatic N) is 2. The lowest BCUT2D eigenvalue weighted by Crippen LogP contribution is -2.47. The monoisotopic (exact) mass is 472 g/mol. The first-order chi connectivity index (χ1) is 14.1. The highest BCUT2D eigenvalue weighted by Crippen LogP contribution is 2.34. The molecule has 2 nitrogen and oxygen atoms in total. The molecule has 1 fully saturated rings. The third kappa shape index (κ3) is 4.89. The summed E-state index contributed by atoms with van der Waals surface area (Å²) >= 11 is 10.1. The molecule has 1 atom stereocenters. The minimum Gasteiger partial charge on any atom is -0.280 e. The highest BCUT2D eigenvalue weighted by molar-refractivity contribution is 9.10. The average molecular weight is 474 g/mol. The second kappa shape index (κ2) is 9.40. The van der Waals surface area contributed by atoms with Crippen molar-refractivity contribution >= 4 is 27.5 Å². The zero-order chi connectivity index (χ0) is 20.2. The normalized spacial score (nSPS) is 18.1. The van der Waals surface area contributed by atoms with Gasteiger partial charge in [-0.1, -0.05) is 76.1 Å². The summed E-state index contributed by atoms with van der Waals surface area (Å²) in [6.07, 6.45) is 1.08. The molecule has 0 bridgehead atoms.